The molecule has 0 aliphatic carbocycles. The highest BCUT2D eigenvalue weighted by atomic mass is 35.5. The SMILES string of the molecule is COc1nc(N[C@H]2CCN(C(=O)c3ccc(NC(=O)/C=C/CN4CCCC(F)(F)C4)cn3)C2)ncc1Cl. The summed E-state index contributed by atoms with van der Waals surface area (Å²) in [5.41, 5.74) is 0.676. The van der Waals surface area contributed by atoms with Gasteiger partial charge in [0.05, 0.1) is 31.7 Å². The molecule has 2 N–H and O–H groups in total. The van der Waals surface area contributed by atoms with Crippen LogP contribution in [0.25, 0.3) is 0 Å². The largest absolute Gasteiger partial charge is 0.480 e. The number of halogens is 3. The zero-order valence-electron chi connectivity index (χ0n) is 20.3. The number of likely N-dealkylation sites (tertiary alicyclic amines) is 2. The molecule has 4 rings (SSSR count). The normalized spacial score (nSPS) is 19.7. The molecule has 2 amide bonds. The van der Waals surface area contributed by atoms with Gasteiger partial charge < -0.3 is 20.3 Å². The first-order valence-corrected chi connectivity index (χ1v) is 12.3. The lowest BCUT2D eigenvalue weighted by Crippen LogP contribution is -2.42. The number of anilines is 2. The summed E-state index contributed by atoms with van der Waals surface area (Å²) in [5.74, 6) is -2.68. The number of carbonyl (C=O) groups is 2. The minimum Gasteiger partial charge on any atom is -0.480 e. The quantitative estimate of drug-likeness (QED) is 0.496. The maximum atomic E-state index is 13.5. The Hall–Kier alpha value is -3.38. The lowest BCUT2D eigenvalue weighted by atomic mass is 10.1. The summed E-state index contributed by atoms with van der Waals surface area (Å²) in [4.78, 5) is 40.9. The number of aromatic nitrogens is 3. The number of hydrogen-bond donors (Lipinski definition) is 2. The molecule has 2 aromatic heterocycles. The molecule has 0 bridgehead atoms. The van der Waals surface area contributed by atoms with E-state index in [1.807, 2.05) is 0 Å². The minimum atomic E-state index is -2.68. The van der Waals surface area contributed by atoms with E-state index in [9.17, 15) is 18.4 Å². The van der Waals surface area contributed by atoms with Gasteiger partial charge >= 0.3 is 0 Å². The third kappa shape index (κ3) is 7.32. The Morgan fingerprint density at radius 3 is 2.84 bits per heavy atom. The monoisotopic (exact) mass is 535 g/mol. The van der Waals surface area contributed by atoms with Crippen molar-refractivity contribution in [3.8, 4) is 5.88 Å². The maximum Gasteiger partial charge on any atom is 0.272 e. The van der Waals surface area contributed by atoms with Gasteiger partial charge in [-0.25, -0.2) is 18.7 Å². The van der Waals surface area contributed by atoms with E-state index < -0.39 is 11.8 Å². The predicted molar refractivity (Wildman–Crippen MR) is 134 cm³/mol. The molecule has 2 aliphatic rings. The molecule has 13 heteroatoms. The number of nitrogens with zero attached hydrogens (tertiary/aromatic N) is 5. The first kappa shape index (κ1) is 26.7. The van der Waals surface area contributed by atoms with E-state index in [2.05, 4.69) is 25.6 Å². The summed E-state index contributed by atoms with van der Waals surface area (Å²) in [6.07, 6.45) is 6.77. The van der Waals surface area contributed by atoms with Crippen LogP contribution in [0, 0.1) is 0 Å². The van der Waals surface area contributed by atoms with Crippen molar-refractivity contribution in [3.05, 3.63) is 47.4 Å². The van der Waals surface area contributed by atoms with Crippen molar-refractivity contribution in [1.29, 1.82) is 0 Å². The van der Waals surface area contributed by atoms with Crippen molar-refractivity contribution >= 4 is 35.1 Å². The van der Waals surface area contributed by atoms with E-state index in [0.717, 1.165) is 0 Å². The van der Waals surface area contributed by atoms with Crippen molar-refractivity contribution < 1.29 is 23.1 Å². The smallest absolute Gasteiger partial charge is 0.272 e. The first-order valence-electron chi connectivity index (χ1n) is 11.9. The Morgan fingerprint density at radius 1 is 1.27 bits per heavy atom. The van der Waals surface area contributed by atoms with Gasteiger partial charge in [-0.15, -0.1) is 0 Å². The molecule has 0 saturated carbocycles. The maximum absolute atomic E-state index is 13.5. The van der Waals surface area contributed by atoms with Gasteiger partial charge in [-0.05, 0) is 31.5 Å². The van der Waals surface area contributed by atoms with E-state index in [-0.39, 0.29) is 43.0 Å². The molecule has 10 nitrogen and oxygen atoms in total. The molecular formula is C24H28ClF2N7O3. The summed E-state index contributed by atoms with van der Waals surface area (Å²) >= 11 is 5.96. The Labute approximate surface area is 218 Å². The molecule has 37 heavy (non-hydrogen) atoms. The Kier molecular flexibility index (Phi) is 8.49. The molecule has 0 radical (unpaired) electrons. The fraction of sp³-hybridized carbons (Fsp3) is 0.458. The number of piperidine rings is 1. The summed E-state index contributed by atoms with van der Waals surface area (Å²) in [6.45, 7) is 1.54. The van der Waals surface area contributed by atoms with E-state index >= 15 is 0 Å². The topological polar surface area (TPSA) is 113 Å². The van der Waals surface area contributed by atoms with Gasteiger partial charge in [-0.1, -0.05) is 17.7 Å². The number of hydrogen-bond acceptors (Lipinski definition) is 8. The van der Waals surface area contributed by atoms with Crippen LogP contribution in [0.2, 0.25) is 5.02 Å². The fourth-order valence-electron chi connectivity index (χ4n) is 4.26. The average molecular weight is 536 g/mol. The molecule has 198 valence electrons. The van der Waals surface area contributed by atoms with Gasteiger partial charge in [-0.3, -0.25) is 14.5 Å². The molecule has 2 fully saturated rings. The van der Waals surface area contributed by atoms with Crippen molar-refractivity contribution in [1.82, 2.24) is 24.8 Å². The van der Waals surface area contributed by atoms with Gasteiger partial charge in [0.25, 0.3) is 11.8 Å². The molecular weight excluding hydrogens is 508 g/mol. The van der Waals surface area contributed by atoms with Crippen LogP contribution in [-0.2, 0) is 4.79 Å². The van der Waals surface area contributed by atoms with Crippen LogP contribution in [0.15, 0.2) is 36.7 Å². The Balaban J connectivity index is 1.24. The molecule has 2 aromatic rings. The van der Waals surface area contributed by atoms with Gasteiger partial charge in [0.2, 0.25) is 17.7 Å². The van der Waals surface area contributed by atoms with Crippen molar-refractivity contribution in [3.63, 3.8) is 0 Å². The molecule has 4 heterocycles. The van der Waals surface area contributed by atoms with E-state index in [4.69, 9.17) is 16.3 Å². The third-order valence-electron chi connectivity index (χ3n) is 6.07. The summed E-state index contributed by atoms with van der Waals surface area (Å²) < 4.78 is 32.0. The zero-order chi connectivity index (χ0) is 26.4. The predicted octanol–water partition coefficient (Wildman–Crippen LogP) is 3.09. The first-order chi connectivity index (χ1) is 17.7. The van der Waals surface area contributed by atoms with Gasteiger partial charge in [0, 0.05) is 38.2 Å². The second-order valence-electron chi connectivity index (χ2n) is 8.95. The number of rotatable bonds is 8. The average Bonchev–Trinajstić information content (AvgIpc) is 3.33. The van der Waals surface area contributed by atoms with Crippen molar-refractivity contribution in [2.75, 3.05) is 50.5 Å². The van der Waals surface area contributed by atoms with E-state index in [1.54, 1.807) is 28.0 Å². The molecule has 2 aliphatic heterocycles. The lowest BCUT2D eigenvalue weighted by Gasteiger charge is -2.31. The number of alkyl halides is 2. The number of ether oxygens (including phenoxy) is 1. The van der Waals surface area contributed by atoms with Crippen LogP contribution >= 0.6 is 11.6 Å². The third-order valence-corrected chi connectivity index (χ3v) is 6.33. The molecule has 0 unspecified atom stereocenters. The van der Waals surface area contributed by atoms with Crippen LogP contribution in [0.5, 0.6) is 5.88 Å². The highest BCUT2D eigenvalue weighted by molar-refractivity contribution is 6.31. The van der Waals surface area contributed by atoms with Gasteiger partial charge in [-0.2, -0.15) is 4.98 Å². The van der Waals surface area contributed by atoms with E-state index in [0.29, 0.717) is 49.1 Å². The molecule has 2 saturated heterocycles. The standard InChI is InChI=1S/C24H28ClF2N7O3/c1-37-21-18(25)13-29-23(32-21)31-17-7-11-34(14-17)22(36)19-6-5-16(12-28-19)30-20(35)4-2-9-33-10-3-8-24(26,27)15-33/h2,4-6,12-13,17H,3,7-11,14-15H2,1H3,(H,30,35)(H,29,31,32)/b4-2+/t17-/m0/s1. The lowest BCUT2D eigenvalue weighted by molar-refractivity contribution is -0.111. The molecule has 0 aromatic carbocycles. The van der Waals surface area contributed by atoms with E-state index in [1.165, 1.54) is 25.6 Å². The Bertz CT molecular complexity index is 1150. The summed E-state index contributed by atoms with van der Waals surface area (Å²) in [6, 6.07) is 3.10. The highest BCUT2D eigenvalue weighted by Gasteiger charge is 2.34. The number of carbonyl (C=O) groups excluding carboxylic acids is 2. The molecule has 0 spiro atoms. The van der Waals surface area contributed by atoms with Crippen LogP contribution in [-0.4, -0.2) is 88.4 Å². The fourth-order valence-corrected chi connectivity index (χ4v) is 4.43. The van der Waals surface area contributed by atoms with Gasteiger partial charge in [0.15, 0.2) is 0 Å². The number of amides is 2. The van der Waals surface area contributed by atoms with Crippen LogP contribution in [0.3, 0.4) is 0 Å². The van der Waals surface area contributed by atoms with Crippen molar-refractivity contribution in [2.24, 2.45) is 0 Å². The second-order valence-corrected chi connectivity index (χ2v) is 9.36. The van der Waals surface area contributed by atoms with Crippen LogP contribution in [0.1, 0.15) is 29.8 Å². The number of nitrogens with one attached hydrogen (secondary N) is 2. The number of methoxy groups -OCH3 is 1. The number of pyridine rings is 1. The summed E-state index contributed by atoms with van der Waals surface area (Å²) in [7, 11) is 1.47. The second kappa shape index (κ2) is 11.8. The van der Waals surface area contributed by atoms with Crippen LogP contribution < -0.4 is 15.4 Å². The zero-order valence-corrected chi connectivity index (χ0v) is 21.0. The summed E-state index contributed by atoms with van der Waals surface area (Å²) in [5, 5.41) is 6.15. The Morgan fingerprint density at radius 2 is 2.11 bits per heavy atom. The minimum absolute atomic E-state index is 0.0451. The highest BCUT2D eigenvalue weighted by Crippen LogP contribution is 2.26. The van der Waals surface area contributed by atoms with Gasteiger partial charge in [0.1, 0.15) is 10.7 Å². The van der Waals surface area contributed by atoms with Crippen molar-refractivity contribution in [2.45, 2.75) is 31.2 Å². The molecule has 1 atom stereocenters. The van der Waals surface area contributed by atoms with Crippen LogP contribution in [0.4, 0.5) is 20.4 Å².